The second-order valence-electron chi connectivity index (χ2n) is 4.26. The van der Waals surface area contributed by atoms with E-state index >= 15 is 0 Å². The molecule has 0 aromatic heterocycles. The first kappa shape index (κ1) is 13.6. The van der Waals surface area contributed by atoms with E-state index in [1.165, 1.54) is 0 Å². The van der Waals surface area contributed by atoms with Gasteiger partial charge in [0.2, 0.25) is 0 Å². The van der Waals surface area contributed by atoms with Gasteiger partial charge in [-0.3, -0.25) is 0 Å². The molecule has 0 aliphatic heterocycles. The molecule has 0 saturated heterocycles. The fourth-order valence-corrected chi connectivity index (χ4v) is 3.80. The predicted octanol–water partition coefficient (Wildman–Crippen LogP) is 3.56. The van der Waals surface area contributed by atoms with Crippen molar-refractivity contribution in [2.45, 2.75) is 23.1 Å². The molecule has 4 heteroatoms. The van der Waals surface area contributed by atoms with Crippen LogP contribution in [0.1, 0.15) is 13.3 Å². The van der Waals surface area contributed by atoms with Gasteiger partial charge in [-0.1, -0.05) is 25.1 Å². The van der Waals surface area contributed by atoms with Crippen molar-refractivity contribution in [2.75, 3.05) is 12.3 Å². The summed E-state index contributed by atoms with van der Waals surface area (Å²) in [6, 6.07) is 16.5. The molecule has 0 fully saturated rings. The smallest absolute Gasteiger partial charge is 0.104 e. The molecular formula is C15H18N2OS. The van der Waals surface area contributed by atoms with Gasteiger partial charge in [-0.25, -0.2) is 8.57 Å². The Labute approximate surface area is 114 Å². The van der Waals surface area contributed by atoms with Crippen molar-refractivity contribution in [3.63, 3.8) is 0 Å². The minimum absolute atomic E-state index is 0.581. The van der Waals surface area contributed by atoms with Crippen LogP contribution in [0, 0.1) is 0 Å². The van der Waals surface area contributed by atoms with Crippen molar-refractivity contribution in [1.29, 1.82) is 0 Å². The van der Waals surface area contributed by atoms with Gasteiger partial charge in [0.05, 0.1) is 9.79 Å². The third-order valence-corrected chi connectivity index (χ3v) is 5.13. The zero-order valence-electron chi connectivity index (χ0n) is 11.0. The van der Waals surface area contributed by atoms with Gasteiger partial charge in [0, 0.05) is 12.2 Å². The Morgan fingerprint density at radius 2 is 1.58 bits per heavy atom. The van der Waals surface area contributed by atoms with Crippen molar-refractivity contribution in [3.8, 4) is 0 Å². The lowest BCUT2D eigenvalue weighted by atomic mass is 10.3. The van der Waals surface area contributed by atoms with Crippen LogP contribution >= 0.6 is 0 Å². The third-order valence-electron chi connectivity index (χ3n) is 2.76. The maximum Gasteiger partial charge on any atom is 0.104 e. The van der Waals surface area contributed by atoms with Gasteiger partial charge in [-0.05, 0) is 42.8 Å². The number of nitrogen functional groups attached to an aromatic ring is 1. The summed E-state index contributed by atoms with van der Waals surface area (Å²) in [5.74, 6) is 0. The summed E-state index contributed by atoms with van der Waals surface area (Å²) in [4.78, 5) is 1.45. The highest BCUT2D eigenvalue weighted by atomic mass is 32.2. The normalized spacial score (nSPS) is 13.7. The molecule has 100 valence electrons. The highest BCUT2D eigenvalue weighted by Crippen LogP contribution is 2.24. The standard InChI is InChI=1S/C15H18N2OS/c1-2-12-17-19(18,14-6-4-3-5-7-14)15-10-8-13(16)9-11-15/h3-11H,2,12,16H2,1H3/t19-/m0/s1. The molecule has 0 aliphatic carbocycles. The molecule has 19 heavy (non-hydrogen) atoms. The van der Waals surface area contributed by atoms with E-state index < -0.39 is 9.73 Å². The van der Waals surface area contributed by atoms with Crippen molar-refractivity contribution in [3.05, 3.63) is 54.6 Å². The number of nitrogens with two attached hydrogens (primary N) is 1. The van der Waals surface area contributed by atoms with Gasteiger partial charge in [-0.15, -0.1) is 0 Å². The quantitative estimate of drug-likeness (QED) is 0.867. The molecule has 2 aromatic rings. The van der Waals surface area contributed by atoms with Crippen LogP contribution < -0.4 is 5.73 Å². The van der Waals surface area contributed by atoms with Crippen LogP contribution in [0.15, 0.2) is 68.8 Å². The second-order valence-corrected chi connectivity index (χ2v) is 6.51. The summed E-state index contributed by atoms with van der Waals surface area (Å²) in [5, 5.41) is 0. The SMILES string of the molecule is CCCN=[S@](=O)(c1ccccc1)c1ccc(N)cc1. The summed E-state index contributed by atoms with van der Waals surface area (Å²) in [7, 11) is -2.56. The van der Waals surface area contributed by atoms with Crippen LogP contribution in [-0.4, -0.2) is 10.8 Å². The highest BCUT2D eigenvalue weighted by molar-refractivity contribution is 7.93. The fraction of sp³-hybridized carbons (Fsp3) is 0.200. The van der Waals surface area contributed by atoms with E-state index in [1.54, 1.807) is 24.3 Å². The van der Waals surface area contributed by atoms with Gasteiger partial charge in [0.15, 0.2) is 0 Å². The Hall–Kier alpha value is -1.81. The number of rotatable bonds is 4. The molecule has 3 nitrogen and oxygen atoms in total. The van der Waals surface area contributed by atoms with E-state index in [0.717, 1.165) is 11.3 Å². The first-order valence-electron chi connectivity index (χ1n) is 6.30. The molecule has 0 amide bonds. The number of anilines is 1. The minimum atomic E-state index is -2.56. The van der Waals surface area contributed by atoms with Crippen LogP contribution in [-0.2, 0) is 9.73 Å². The van der Waals surface area contributed by atoms with E-state index in [2.05, 4.69) is 4.36 Å². The van der Waals surface area contributed by atoms with Gasteiger partial charge >= 0.3 is 0 Å². The molecule has 0 unspecified atom stereocenters. The Kier molecular flexibility index (Phi) is 4.22. The van der Waals surface area contributed by atoms with E-state index in [0.29, 0.717) is 17.1 Å². The lowest BCUT2D eigenvalue weighted by Gasteiger charge is -2.11. The Balaban J connectivity index is 2.59. The highest BCUT2D eigenvalue weighted by Gasteiger charge is 2.14. The van der Waals surface area contributed by atoms with E-state index in [4.69, 9.17) is 5.73 Å². The number of benzene rings is 2. The largest absolute Gasteiger partial charge is 0.399 e. The second kappa shape index (κ2) is 5.89. The van der Waals surface area contributed by atoms with Crippen molar-refractivity contribution < 1.29 is 4.21 Å². The van der Waals surface area contributed by atoms with Crippen LogP contribution in [0.5, 0.6) is 0 Å². The van der Waals surface area contributed by atoms with E-state index in [-0.39, 0.29) is 0 Å². The maximum atomic E-state index is 13.3. The summed E-state index contributed by atoms with van der Waals surface area (Å²) in [6.45, 7) is 2.61. The van der Waals surface area contributed by atoms with Crippen LogP contribution in [0.25, 0.3) is 0 Å². The lowest BCUT2D eigenvalue weighted by molar-refractivity contribution is 0.673. The number of hydrogen-bond donors (Lipinski definition) is 1. The first-order chi connectivity index (χ1) is 9.16. The van der Waals surface area contributed by atoms with E-state index in [9.17, 15) is 4.21 Å². The van der Waals surface area contributed by atoms with Crippen LogP contribution in [0.4, 0.5) is 5.69 Å². The average Bonchev–Trinajstić information content (AvgIpc) is 2.46. The van der Waals surface area contributed by atoms with Gasteiger partial charge in [0.25, 0.3) is 0 Å². The van der Waals surface area contributed by atoms with Crippen molar-refractivity contribution >= 4 is 15.4 Å². The number of hydrogen-bond acceptors (Lipinski definition) is 3. The Morgan fingerprint density at radius 3 is 2.16 bits per heavy atom. The molecule has 2 rings (SSSR count). The molecule has 2 aromatic carbocycles. The summed E-state index contributed by atoms with van der Waals surface area (Å²) in [6.07, 6.45) is 0.874. The summed E-state index contributed by atoms with van der Waals surface area (Å²) < 4.78 is 17.7. The van der Waals surface area contributed by atoms with Crippen LogP contribution in [0.2, 0.25) is 0 Å². The maximum absolute atomic E-state index is 13.3. The Morgan fingerprint density at radius 1 is 1.00 bits per heavy atom. The van der Waals surface area contributed by atoms with E-state index in [1.807, 2.05) is 37.3 Å². The molecule has 0 heterocycles. The van der Waals surface area contributed by atoms with Gasteiger partial charge in [0.1, 0.15) is 9.73 Å². The molecule has 1 atom stereocenters. The zero-order valence-corrected chi connectivity index (χ0v) is 11.8. The summed E-state index contributed by atoms with van der Waals surface area (Å²) in [5.41, 5.74) is 6.35. The van der Waals surface area contributed by atoms with Crippen LogP contribution in [0.3, 0.4) is 0 Å². The molecule has 2 N–H and O–H groups in total. The molecule has 0 saturated carbocycles. The molecule has 0 spiro atoms. The molecule has 0 aliphatic rings. The molecule has 0 radical (unpaired) electrons. The average molecular weight is 274 g/mol. The van der Waals surface area contributed by atoms with Crippen molar-refractivity contribution in [1.82, 2.24) is 0 Å². The topological polar surface area (TPSA) is 55.5 Å². The third kappa shape index (κ3) is 2.96. The minimum Gasteiger partial charge on any atom is -0.399 e. The van der Waals surface area contributed by atoms with Gasteiger partial charge in [-0.2, -0.15) is 0 Å². The first-order valence-corrected chi connectivity index (χ1v) is 7.82. The lowest BCUT2D eigenvalue weighted by Crippen LogP contribution is -2.03. The summed E-state index contributed by atoms with van der Waals surface area (Å²) >= 11 is 0. The van der Waals surface area contributed by atoms with Gasteiger partial charge < -0.3 is 5.73 Å². The molecular weight excluding hydrogens is 256 g/mol. The molecule has 0 bridgehead atoms. The fourth-order valence-electron chi connectivity index (χ4n) is 1.76. The zero-order chi connectivity index (χ0) is 13.7. The Bertz CT molecular complexity index is 642. The predicted molar refractivity (Wildman–Crippen MR) is 79.6 cm³/mol. The monoisotopic (exact) mass is 274 g/mol. The number of nitrogens with zero attached hydrogens (tertiary/aromatic N) is 1. The van der Waals surface area contributed by atoms with Crippen molar-refractivity contribution in [2.24, 2.45) is 4.36 Å².